The standard InChI is InChI=1S/C12H15Cl2N3O3/c1-16-11(18)20-12(19)17-6-8(15)4-7-2-3-9(13)10(14)5-7/h2-3,5,8H,4,6,15H2,1H3,(H,16,18)(H,17,19). The van der Waals surface area contributed by atoms with Gasteiger partial charge in [-0.1, -0.05) is 29.3 Å². The summed E-state index contributed by atoms with van der Waals surface area (Å²) in [6.45, 7) is 0.163. The van der Waals surface area contributed by atoms with Crippen molar-refractivity contribution in [3.8, 4) is 0 Å². The average Bonchev–Trinajstić information content (AvgIpc) is 2.40. The average molecular weight is 320 g/mol. The second-order valence-corrected chi connectivity index (χ2v) is 4.83. The maximum atomic E-state index is 11.2. The van der Waals surface area contributed by atoms with Crippen LogP contribution in [0, 0.1) is 0 Å². The minimum atomic E-state index is -0.853. The molecular formula is C12H15Cl2N3O3. The zero-order valence-corrected chi connectivity index (χ0v) is 12.3. The van der Waals surface area contributed by atoms with Gasteiger partial charge < -0.3 is 21.1 Å². The molecule has 6 nitrogen and oxygen atoms in total. The van der Waals surface area contributed by atoms with Gasteiger partial charge in [-0.05, 0) is 24.1 Å². The van der Waals surface area contributed by atoms with E-state index in [1.165, 1.54) is 7.05 Å². The van der Waals surface area contributed by atoms with E-state index in [2.05, 4.69) is 15.4 Å². The van der Waals surface area contributed by atoms with Crippen LogP contribution in [0.4, 0.5) is 9.59 Å². The summed E-state index contributed by atoms with van der Waals surface area (Å²) < 4.78 is 4.34. The van der Waals surface area contributed by atoms with E-state index >= 15 is 0 Å². The van der Waals surface area contributed by atoms with Crippen molar-refractivity contribution in [1.82, 2.24) is 10.6 Å². The lowest BCUT2D eigenvalue weighted by Gasteiger charge is -2.13. The largest absolute Gasteiger partial charge is 0.416 e. The monoisotopic (exact) mass is 319 g/mol. The fourth-order valence-corrected chi connectivity index (χ4v) is 1.75. The number of hydrogen-bond acceptors (Lipinski definition) is 4. The Labute approximate surface area is 126 Å². The van der Waals surface area contributed by atoms with Gasteiger partial charge >= 0.3 is 12.2 Å². The molecule has 0 aliphatic heterocycles. The number of ether oxygens (including phenoxy) is 1. The SMILES string of the molecule is CNC(=O)OC(=O)NCC(N)Cc1ccc(Cl)c(Cl)c1. The molecule has 2 amide bonds. The van der Waals surface area contributed by atoms with Crippen LogP contribution >= 0.6 is 23.2 Å². The number of carbonyl (C=O) groups is 2. The smallest absolute Gasteiger partial charge is 0.359 e. The van der Waals surface area contributed by atoms with Crippen LogP contribution in [0.3, 0.4) is 0 Å². The molecule has 1 rings (SSSR count). The number of halogens is 2. The highest BCUT2D eigenvalue weighted by Gasteiger charge is 2.11. The Bertz CT molecular complexity index is 497. The number of carbonyl (C=O) groups excluding carboxylic acids is 2. The highest BCUT2D eigenvalue weighted by molar-refractivity contribution is 6.42. The molecule has 1 unspecified atom stereocenters. The molecule has 0 spiro atoms. The van der Waals surface area contributed by atoms with Gasteiger partial charge in [0.15, 0.2) is 0 Å². The van der Waals surface area contributed by atoms with E-state index in [-0.39, 0.29) is 12.6 Å². The third-order valence-corrected chi connectivity index (χ3v) is 3.12. The topological polar surface area (TPSA) is 93.4 Å². The Morgan fingerprint density at radius 3 is 2.60 bits per heavy atom. The first kappa shape index (κ1) is 16.6. The van der Waals surface area contributed by atoms with E-state index < -0.39 is 12.2 Å². The van der Waals surface area contributed by atoms with Crippen LogP contribution in [0.1, 0.15) is 5.56 Å². The minimum absolute atomic E-state index is 0.163. The molecular weight excluding hydrogens is 305 g/mol. The van der Waals surface area contributed by atoms with Gasteiger partial charge in [-0.25, -0.2) is 9.59 Å². The van der Waals surface area contributed by atoms with Crippen molar-refractivity contribution in [3.05, 3.63) is 33.8 Å². The third-order valence-electron chi connectivity index (χ3n) is 2.38. The second-order valence-electron chi connectivity index (χ2n) is 4.02. The lowest BCUT2D eigenvalue weighted by molar-refractivity contribution is 0.151. The lowest BCUT2D eigenvalue weighted by Crippen LogP contribution is -2.40. The molecule has 0 heterocycles. The molecule has 20 heavy (non-hydrogen) atoms. The van der Waals surface area contributed by atoms with Gasteiger partial charge in [-0.15, -0.1) is 0 Å². The van der Waals surface area contributed by atoms with Gasteiger partial charge in [-0.3, -0.25) is 0 Å². The molecule has 0 fully saturated rings. The van der Waals surface area contributed by atoms with Crippen LogP contribution in [-0.4, -0.2) is 31.8 Å². The molecule has 0 saturated carbocycles. The zero-order chi connectivity index (χ0) is 15.1. The summed E-state index contributed by atoms with van der Waals surface area (Å²) in [7, 11) is 1.35. The molecule has 1 atom stereocenters. The quantitative estimate of drug-likeness (QED) is 0.739. The summed E-state index contributed by atoms with van der Waals surface area (Å²) >= 11 is 11.7. The highest BCUT2D eigenvalue weighted by atomic mass is 35.5. The van der Waals surface area contributed by atoms with Crippen LogP contribution in [-0.2, 0) is 11.2 Å². The first-order chi connectivity index (χ1) is 9.42. The maximum Gasteiger partial charge on any atom is 0.416 e. The normalized spacial score (nSPS) is 11.6. The Kier molecular flexibility index (Phi) is 6.57. The van der Waals surface area contributed by atoms with E-state index in [0.29, 0.717) is 16.5 Å². The summed E-state index contributed by atoms with van der Waals surface area (Å²) in [5.41, 5.74) is 6.76. The Hall–Kier alpha value is -1.50. The van der Waals surface area contributed by atoms with Crippen molar-refractivity contribution in [2.24, 2.45) is 5.73 Å². The van der Waals surface area contributed by atoms with Gasteiger partial charge in [-0.2, -0.15) is 0 Å². The van der Waals surface area contributed by atoms with Gasteiger partial charge in [0, 0.05) is 19.6 Å². The van der Waals surface area contributed by atoms with Crippen molar-refractivity contribution in [3.63, 3.8) is 0 Å². The van der Waals surface area contributed by atoms with Crippen LogP contribution < -0.4 is 16.4 Å². The molecule has 4 N–H and O–H groups in total. The number of benzene rings is 1. The summed E-state index contributed by atoms with van der Waals surface area (Å²) in [5.74, 6) is 0. The summed E-state index contributed by atoms with van der Waals surface area (Å²) in [6.07, 6.45) is -1.19. The van der Waals surface area contributed by atoms with Crippen LogP contribution in [0.5, 0.6) is 0 Å². The molecule has 0 aliphatic rings. The van der Waals surface area contributed by atoms with E-state index in [4.69, 9.17) is 28.9 Å². The van der Waals surface area contributed by atoms with Crippen LogP contribution in [0.2, 0.25) is 10.0 Å². The Morgan fingerprint density at radius 1 is 1.30 bits per heavy atom. The predicted octanol–water partition coefficient (Wildman–Crippen LogP) is 1.93. The van der Waals surface area contributed by atoms with E-state index in [0.717, 1.165) is 5.56 Å². The number of rotatable bonds is 4. The number of hydrogen-bond donors (Lipinski definition) is 3. The highest BCUT2D eigenvalue weighted by Crippen LogP contribution is 2.22. The zero-order valence-electron chi connectivity index (χ0n) is 10.8. The molecule has 8 heteroatoms. The first-order valence-electron chi connectivity index (χ1n) is 5.79. The molecule has 0 aromatic heterocycles. The number of nitrogens with two attached hydrogens (primary N) is 1. The lowest BCUT2D eigenvalue weighted by atomic mass is 10.1. The van der Waals surface area contributed by atoms with Gasteiger partial charge in [0.25, 0.3) is 0 Å². The Morgan fingerprint density at radius 2 is 2.00 bits per heavy atom. The minimum Gasteiger partial charge on any atom is -0.359 e. The molecule has 0 saturated heterocycles. The predicted molar refractivity (Wildman–Crippen MR) is 77.1 cm³/mol. The number of alkyl carbamates (subject to hydrolysis) is 2. The second kappa shape index (κ2) is 7.94. The van der Waals surface area contributed by atoms with Crippen molar-refractivity contribution < 1.29 is 14.3 Å². The maximum absolute atomic E-state index is 11.2. The van der Waals surface area contributed by atoms with E-state index in [1.807, 2.05) is 0 Å². The first-order valence-corrected chi connectivity index (χ1v) is 6.55. The fraction of sp³-hybridized carbons (Fsp3) is 0.333. The Balaban J connectivity index is 2.39. The molecule has 0 aliphatic carbocycles. The van der Waals surface area contributed by atoms with Crippen LogP contribution in [0.15, 0.2) is 18.2 Å². The van der Waals surface area contributed by atoms with Crippen LogP contribution in [0.25, 0.3) is 0 Å². The molecule has 0 bridgehead atoms. The van der Waals surface area contributed by atoms with Gasteiger partial charge in [0.2, 0.25) is 0 Å². The molecule has 110 valence electrons. The van der Waals surface area contributed by atoms with E-state index in [9.17, 15) is 9.59 Å². The van der Waals surface area contributed by atoms with Gasteiger partial charge in [0.1, 0.15) is 0 Å². The number of nitrogens with one attached hydrogen (secondary N) is 2. The molecule has 1 aromatic carbocycles. The van der Waals surface area contributed by atoms with Crippen molar-refractivity contribution in [2.45, 2.75) is 12.5 Å². The fourth-order valence-electron chi connectivity index (χ4n) is 1.43. The number of amides is 2. The summed E-state index contributed by atoms with van der Waals surface area (Å²) in [6, 6.07) is 4.85. The van der Waals surface area contributed by atoms with E-state index in [1.54, 1.807) is 18.2 Å². The molecule has 1 aromatic rings. The third kappa shape index (κ3) is 5.64. The van der Waals surface area contributed by atoms with Crippen molar-refractivity contribution in [2.75, 3.05) is 13.6 Å². The molecule has 0 radical (unpaired) electrons. The van der Waals surface area contributed by atoms with Crippen molar-refractivity contribution in [1.29, 1.82) is 0 Å². The van der Waals surface area contributed by atoms with Gasteiger partial charge in [0.05, 0.1) is 10.0 Å². The summed E-state index contributed by atoms with van der Waals surface area (Å²) in [4.78, 5) is 22.0. The summed E-state index contributed by atoms with van der Waals surface area (Å²) in [5, 5.41) is 5.46. The van der Waals surface area contributed by atoms with Crippen molar-refractivity contribution >= 4 is 35.4 Å².